The van der Waals surface area contributed by atoms with E-state index in [4.69, 9.17) is 9.84 Å². The van der Waals surface area contributed by atoms with Crippen molar-refractivity contribution in [3.8, 4) is 0 Å². The summed E-state index contributed by atoms with van der Waals surface area (Å²) in [5, 5.41) is 8.24. The van der Waals surface area contributed by atoms with E-state index in [1.807, 2.05) is 6.92 Å². The number of rotatable bonds is 4. The number of carboxylic acids is 1. The first kappa shape index (κ1) is 7.54. The Morgan fingerprint density at radius 2 is 2.40 bits per heavy atom. The van der Waals surface area contributed by atoms with Crippen molar-refractivity contribution in [2.75, 3.05) is 6.61 Å². The topological polar surface area (TPSA) is 46.5 Å². The van der Waals surface area contributed by atoms with E-state index in [0.717, 1.165) is 0 Å². The van der Waals surface area contributed by atoms with Crippen LogP contribution in [0.5, 0.6) is 0 Å². The Kier molecular flexibility index (Phi) is 2.27. The van der Waals surface area contributed by atoms with E-state index in [2.05, 4.69) is 0 Å². The van der Waals surface area contributed by atoms with Crippen molar-refractivity contribution in [2.45, 2.75) is 25.9 Å². The zero-order valence-electron chi connectivity index (χ0n) is 6.04. The Morgan fingerprint density at radius 1 is 1.80 bits per heavy atom. The molecule has 3 nitrogen and oxygen atoms in total. The lowest BCUT2D eigenvalue weighted by atomic mass is 10.3. The lowest BCUT2D eigenvalue weighted by molar-refractivity contribution is -0.144. The first-order chi connectivity index (χ1) is 4.70. The smallest absolute Gasteiger partial charge is 0.329 e. The monoisotopic (exact) mass is 144 g/mol. The lowest BCUT2D eigenvalue weighted by Crippen LogP contribution is -2.16. The van der Waals surface area contributed by atoms with Crippen LogP contribution in [-0.2, 0) is 9.53 Å². The molecular weight excluding hydrogens is 132 g/mol. The van der Waals surface area contributed by atoms with E-state index in [1.165, 1.54) is 12.8 Å². The molecule has 1 atom stereocenters. The maximum atomic E-state index is 10.0. The minimum Gasteiger partial charge on any atom is -0.480 e. The molecule has 0 spiro atoms. The summed E-state index contributed by atoms with van der Waals surface area (Å²) in [7, 11) is 0. The Bertz CT molecular complexity index is 129. The largest absolute Gasteiger partial charge is 0.480 e. The molecule has 1 rings (SSSR count). The zero-order chi connectivity index (χ0) is 7.56. The highest BCUT2D eigenvalue weighted by molar-refractivity contribution is 5.68. The van der Waals surface area contributed by atoms with Crippen molar-refractivity contribution in [3.05, 3.63) is 0 Å². The fourth-order valence-electron chi connectivity index (χ4n) is 0.904. The summed E-state index contributed by atoms with van der Waals surface area (Å²) in [4.78, 5) is 10.0. The molecule has 1 N–H and O–H groups in total. The van der Waals surface area contributed by atoms with Gasteiger partial charge in [0.2, 0.25) is 0 Å². The van der Waals surface area contributed by atoms with Crippen LogP contribution in [0.4, 0.5) is 0 Å². The van der Waals surface area contributed by atoms with Crippen molar-refractivity contribution in [1.29, 1.82) is 0 Å². The van der Waals surface area contributed by atoms with Crippen molar-refractivity contribution in [2.24, 2.45) is 5.92 Å². The minimum absolute atomic E-state index is 0.135. The molecule has 0 radical (unpaired) electrons. The van der Waals surface area contributed by atoms with Crippen LogP contribution in [0.25, 0.3) is 0 Å². The normalized spacial score (nSPS) is 20.5. The van der Waals surface area contributed by atoms with Gasteiger partial charge in [0.15, 0.2) is 0 Å². The van der Waals surface area contributed by atoms with Crippen LogP contribution in [0.3, 0.4) is 0 Å². The van der Waals surface area contributed by atoms with E-state index in [9.17, 15) is 4.79 Å². The summed E-state index contributed by atoms with van der Waals surface area (Å²) in [5.74, 6) is -0.258. The number of carboxylic acid groups (broad SMARTS) is 1. The zero-order valence-corrected chi connectivity index (χ0v) is 6.04. The predicted octanol–water partition coefficient (Wildman–Crippen LogP) is 0.886. The standard InChI is InChI=1S/C7H12O3/c1-5(6-2-3-6)10-4-7(8)9/h5-6H,2-4H2,1H3,(H,8,9)/t5-/m0/s1. The van der Waals surface area contributed by atoms with E-state index in [0.29, 0.717) is 5.92 Å². The van der Waals surface area contributed by atoms with Gasteiger partial charge < -0.3 is 9.84 Å². The van der Waals surface area contributed by atoms with Crippen LogP contribution in [-0.4, -0.2) is 23.8 Å². The molecule has 0 bridgehead atoms. The predicted molar refractivity (Wildman–Crippen MR) is 35.8 cm³/mol. The van der Waals surface area contributed by atoms with Gasteiger partial charge in [-0.3, -0.25) is 0 Å². The average Bonchev–Trinajstić information content (AvgIpc) is 2.63. The summed E-state index contributed by atoms with van der Waals surface area (Å²) in [6.45, 7) is 1.78. The molecule has 0 aliphatic heterocycles. The first-order valence-electron chi connectivity index (χ1n) is 3.53. The van der Waals surface area contributed by atoms with Crippen LogP contribution in [0.1, 0.15) is 19.8 Å². The van der Waals surface area contributed by atoms with Gasteiger partial charge in [0, 0.05) is 0 Å². The van der Waals surface area contributed by atoms with Crippen molar-refractivity contribution < 1.29 is 14.6 Å². The third kappa shape index (κ3) is 2.35. The number of ether oxygens (including phenoxy) is 1. The number of aliphatic carboxylic acids is 1. The van der Waals surface area contributed by atoms with Gasteiger partial charge >= 0.3 is 5.97 Å². The molecule has 3 heteroatoms. The summed E-state index contributed by atoms with van der Waals surface area (Å²) >= 11 is 0. The summed E-state index contributed by atoms with van der Waals surface area (Å²) in [6.07, 6.45) is 2.53. The van der Waals surface area contributed by atoms with Crippen LogP contribution in [0.15, 0.2) is 0 Å². The second-order valence-corrected chi connectivity index (χ2v) is 2.75. The molecule has 1 aliphatic carbocycles. The Morgan fingerprint density at radius 3 is 2.80 bits per heavy atom. The summed E-state index contributed by atoms with van der Waals surface area (Å²) in [5.41, 5.74) is 0. The lowest BCUT2D eigenvalue weighted by Gasteiger charge is -2.08. The summed E-state index contributed by atoms with van der Waals surface area (Å²) in [6, 6.07) is 0. The Labute approximate surface area is 60.0 Å². The number of hydrogen-bond donors (Lipinski definition) is 1. The average molecular weight is 144 g/mol. The Hall–Kier alpha value is -0.570. The molecule has 0 aromatic heterocycles. The van der Waals surface area contributed by atoms with Gasteiger partial charge in [-0.15, -0.1) is 0 Å². The number of hydrogen-bond acceptors (Lipinski definition) is 2. The van der Waals surface area contributed by atoms with Crippen molar-refractivity contribution in [3.63, 3.8) is 0 Å². The van der Waals surface area contributed by atoms with Crippen molar-refractivity contribution in [1.82, 2.24) is 0 Å². The van der Waals surface area contributed by atoms with E-state index >= 15 is 0 Å². The minimum atomic E-state index is -0.882. The molecule has 0 saturated heterocycles. The molecule has 0 heterocycles. The van der Waals surface area contributed by atoms with Crippen LogP contribution < -0.4 is 0 Å². The molecule has 0 unspecified atom stereocenters. The highest BCUT2D eigenvalue weighted by Crippen LogP contribution is 2.33. The van der Waals surface area contributed by atoms with Crippen LogP contribution in [0, 0.1) is 5.92 Å². The van der Waals surface area contributed by atoms with Gasteiger partial charge in [-0.25, -0.2) is 4.79 Å². The van der Waals surface area contributed by atoms with Gasteiger partial charge in [-0.1, -0.05) is 0 Å². The highest BCUT2D eigenvalue weighted by atomic mass is 16.5. The fraction of sp³-hybridized carbons (Fsp3) is 0.857. The molecule has 1 fully saturated rings. The molecule has 1 saturated carbocycles. The Balaban J connectivity index is 2.05. The molecule has 0 aromatic rings. The fourth-order valence-corrected chi connectivity index (χ4v) is 0.904. The van der Waals surface area contributed by atoms with E-state index in [1.54, 1.807) is 0 Å². The third-order valence-electron chi connectivity index (χ3n) is 1.76. The number of carbonyl (C=O) groups is 1. The highest BCUT2D eigenvalue weighted by Gasteiger charge is 2.28. The molecule has 10 heavy (non-hydrogen) atoms. The van der Waals surface area contributed by atoms with Gasteiger partial charge in [0.05, 0.1) is 6.10 Å². The molecule has 1 aliphatic rings. The maximum Gasteiger partial charge on any atom is 0.329 e. The second-order valence-electron chi connectivity index (χ2n) is 2.75. The van der Waals surface area contributed by atoms with E-state index < -0.39 is 5.97 Å². The van der Waals surface area contributed by atoms with Crippen molar-refractivity contribution >= 4 is 5.97 Å². The molecular formula is C7H12O3. The van der Waals surface area contributed by atoms with Crippen LogP contribution in [0.2, 0.25) is 0 Å². The molecule has 0 aromatic carbocycles. The second kappa shape index (κ2) is 3.01. The van der Waals surface area contributed by atoms with E-state index in [-0.39, 0.29) is 12.7 Å². The van der Waals surface area contributed by atoms with Gasteiger partial charge in [0.1, 0.15) is 6.61 Å². The SMILES string of the molecule is C[C@H](OCC(=O)O)C1CC1. The van der Waals surface area contributed by atoms with Gasteiger partial charge in [0.25, 0.3) is 0 Å². The molecule has 0 amide bonds. The van der Waals surface area contributed by atoms with Gasteiger partial charge in [-0.2, -0.15) is 0 Å². The quantitative estimate of drug-likeness (QED) is 0.637. The van der Waals surface area contributed by atoms with Crippen LogP contribution >= 0.6 is 0 Å². The summed E-state index contributed by atoms with van der Waals surface area (Å²) < 4.78 is 5.03. The molecule has 58 valence electrons. The third-order valence-corrected chi connectivity index (χ3v) is 1.76. The van der Waals surface area contributed by atoms with Gasteiger partial charge in [-0.05, 0) is 25.7 Å². The first-order valence-corrected chi connectivity index (χ1v) is 3.53. The maximum absolute atomic E-state index is 10.0.